The first-order valence-electron chi connectivity index (χ1n) is 5.62. The van der Waals surface area contributed by atoms with Crippen LogP contribution in [0.2, 0.25) is 0 Å². The molecule has 90 valence electrons. The molecule has 0 fully saturated rings. The maximum Gasteiger partial charge on any atom is 0.130 e. The zero-order valence-electron chi connectivity index (χ0n) is 10.2. The van der Waals surface area contributed by atoms with Crippen molar-refractivity contribution in [3.8, 4) is 0 Å². The smallest absolute Gasteiger partial charge is 0.130 e. The normalized spacial score (nSPS) is 15.2. The molecule has 0 bridgehead atoms. The van der Waals surface area contributed by atoms with Gasteiger partial charge >= 0.3 is 0 Å². The van der Waals surface area contributed by atoms with Crippen LogP contribution in [0.15, 0.2) is 18.2 Å². The van der Waals surface area contributed by atoms with E-state index in [1.54, 1.807) is 0 Å². The fourth-order valence-electron chi connectivity index (χ4n) is 1.53. The quantitative estimate of drug-likeness (QED) is 0.827. The van der Waals surface area contributed by atoms with E-state index in [2.05, 4.69) is 26.1 Å². The number of rotatable bonds is 4. The molecule has 0 aliphatic rings. The van der Waals surface area contributed by atoms with Crippen molar-refractivity contribution in [2.75, 3.05) is 0 Å². The maximum atomic E-state index is 13.5. The van der Waals surface area contributed by atoms with Gasteiger partial charge in [0.05, 0.1) is 0 Å². The van der Waals surface area contributed by atoms with E-state index in [1.807, 2.05) is 6.92 Å². The van der Waals surface area contributed by atoms with Gasteiger partial charge in [0, 0.05) is 23.7 Å². The van der Waals surface area contributed by atoms with Gasteiger partial charge in [0.15, 0.2) is 0 Å². The van der Waals surface area contributed by atoms with Crippen LogP contribution in [0.25, 0.3) is 0 Å². The van der Waals surface area contributed by atoms with E-state index >= 15 is 0 Å². The predicted molar refractivity (Wildman–Crippen MR) is 62.2 cm³/mol. The topological polar surface area (TPSA) is 12.0 Å². The Hall–Kier alpha value is -0.960. The standard InChI is InChI=1S/C13H19F2N/c1-8(2)9(3)16-10(4)12-6-5-11(14)7-13(12)15/h5-10,16H,1-4H3. The van der Waals surface area contributed by atoms with Gasteiger partial charge in [-0.1, -0.05) is 19.9 Å². The van der Waals surface area contributed by atoms with E-state index in [4.69, 9.17) is 0 Å². The highest BCUT2D eigenvalue weighted by atomic mass is 19.1. The highest BCUT2D eigenvalue weighted by molar-refractivity contribution is 5.21. The second kappa shape index (κ2) is 5.39. The summed E-state index contributed by atoms with van der Waals surface area (Å²) in [5, 5.41) is 3.29. The van der Waals surface area contributed by atoms with Crippen LogP contribution >= 0.6 is 0 Å². The van der Waals surface area contributed by atoms with Crippen molar-refractivity contribution in [3.63, 3.8) is 0 Å². The molecule has 1 rings (SSSR count). The molecule has 0 aliphatic heterocycles. The van der Waals surface area contributed by atoms with Gasteiger partial charge in [-0.15, -0.1) is 0 Å². The minimum Gasteiger partial charge on any atom is -0.307 e. The average Bonchev–Trinajstić information content (AvgIpc) is 2.16. The van der Waals surface area contributed by atoms with Crippen LogP contribution in [-0.2, 0) is 0 Å². The van der Waals surface area contributed by atoms with Gasteiger partial charge in [-0.05, 0) is 25.8 Å². The van der Waals surface area contributed by atoms with Crippen molar-refractivity contribution in [3.05, 3.63) is 35.4 Å². The molecule has 0 saturated carbocycles. The molecular formula is C13H19F2N. The molecule has 1 aromatic rings. The molecule has 1 nitrogen and oxygen atoms in total. The summed E-state index contributed by atoms with van der Waals surface area (Å²) in [6.45, 7) is 8.15. The van der Waals surface area contributed by atoms with E-state index in [0.717, 1.165) is 6.07 Å². The molecule has 1 aromatic carbocycles. The van der Waals surface area contributed by atoms with Crippen LogP contribution in [0.5, 0.6) is 0 Å². The van der Waals surface area contributed by atoms with Crippen molar-refractivity contribution in [1.82, 2.24) is 5.32 Å². The van der Waals surface area contributed by atoms with Gasteiger partial charge in [-0.2, -0.15) is 0 Å². The Bertz CT molecular complexity index is 350. The minimum absolute atomic E-state index is 0.113. The molecule has 16 heavy (non-hydrogen) atoms. The summed E-state index contributed by atoms with van der Waals surface area (Å²) < 4.78 is 26.2. The van der Waals surface area contributed by atoms with E-state index in [0.29, 0.717) is 17.5 Å². The Labute approximate surface area is 95.9 Å². The van der Waals surface area contributed by atoms with Crippen molar-refractivity contribution in [2.24, 2.45) is 5.92 Å². The fraction of sp³-hybridized carbons (Fsp3) is 0.538. The molecule has 0 radical (unpaired) electrons. The first kappa shape index (κ1) is 13.1. The molecule has 0 spiro atoms. The highest BCUT2D eigenvalue weighted by Gasteiger charge is 2.15. The first-order valence-corrected chi connectivity index (χ1v) is 5.62. The lowest BCUT2D eigenvalue weighted by molar-refractivity contribution is 0.382. The van der Waals surface area contributed by atoms with Gasteiger partial charge in [0.1, 0.15) is 11.6 Å². The third kappa shape index (κ3) is 3.27. The molecule has 0 heterocycles. The van der Waals surface area contributed by atoms with Crippen molar-refractivity contribution in [1.29, 1.82) is 0 Å². The van der Waals surface area contributed by atoms with Crippen molar-refractivity contribution < 1.29 is 8.78 Å². The van der Waals surface area contributed by atoms with Gasteiger partial charge < -0.3 is 5.32 Å². The maximum absolute atomic E-state index is 13.5. The first-order chi connectivity index (χ1) is 7.41. The lowest BCUT2D eigenvalue weighted by atomic mass is 10.0. The number of benzene rings is 1. The zero-order valence-corrected chi connectivity index (χ0v) is 10.2. The number of nitrogens with one attached hydrogen (secondary N) is 1. The van der Waals surface area contributed by atoms with Crippen LogP contribution in [0.3, 0.4) is 0 Å². The van der Waals surface area contributed by atoms with Crippen LogP contribution in [0, 0.1) is 17.6 Å². The minimum atomic E-state index is -0.537. The van der Waals surface area contributed by atoms with Crippen LogP contribution in [0.4, 0.5) is 8.78 Å². The molecular weight excluding hydrogens is 208 g/mol. The third-order valence-electron chi connectivity index (χ3n) is 2.94. The third-order valence-corrected chi connectivity index (χ3v) is 2.94. The van der Waals surface area contributed by atoms with Crippen LogP contribution in [0.1, 0.15) is 39.3 Å². The van der Waals surface area contributed by atoms with Crippen molar-refractivity contribution >= 4 is 0 Å². The van der Waals surface area contributed by atoms with Gasteiger partial charge in [-0.3, -0.25) is 0 Å². The molecule has 2 unspecified atom stereocenters. The van der Waals surface area contributed by atoms with Gasteiger partial charge in [-0.25, -0.2) is 8.78 Å². The summed E-state index contributed by atoms with van der Waals surface area (Å²) in [5.41, 5.74) is 0.508. The van der Waals surface area contributed by atoms with Crippen molar-refractivity contribution in [2.45, 2.75) is 39.8 Å². The largest absolute Gasteiger partial charge is 0.307 e. The average molecular weight is 227 g/mol. The Balaban J connectivity index is 2.76. The molecule has 0 saturated heterocycles. The van der Waals surface area contributed by atoms with Crippen LogP contribution in [-0.4, -0.2) is 6.04 Å². The van der Waals surface area contributed by atoms with E-state index in [1.165, 1.54) is 12.1 Å². The SMILES string of the molecule is CC(NC(C)C(C)C)c1ccc(F)cc1F. The summed E-state index contributed by atoms with van der Waals surface area (Å²) in [5.74, 6) is -0.549. The lowest BCUT2D eigenvalue weighted by Gasteiger charge is -2.23. The second-order valence-electron chi connectivity index (χ2n) is 4.59. The molecule has 3 heteroatoms. The molecule has 1 N–H and O–H groups in total. The Morgan fingerprint density at radius 1 is 1.06 bits per heavy atom. The van der Waals surface area contributed by atoms with Gasteiger partial charge in [0.25, 0.3) is 0 Å². The lowest BCUT2D eigenvalue weighted by Crippen LogP contribution is -2.33. The van der Waals surface area contributed by atoms with Gasteiger partial charge in [0.2, 0.25) is 0 Å². The Morgan fingerprint density at radius 3 is 2.19 bits per heavy atom. The highest BCUT2D eigenvalue weighted by Crippen LogP contribution is 2.19. The Morgan fingerprint density at radius 2 is 1.69 bits per heavy atom. The predicted octanol–water partition coefficient (Wildman–Crippen LogP) is 3.66. The van der Waals surface area contributed by atoms with E-state index in [9.17, 15) is 8.78 Å². The molecule has 2 atom stereocenters. The summed E-state index contributed by atoms with van der Waals surface area (Å²) in [6, 6.07) is 3.89. The fourth-order valence-corrected chi connectivity index (χ4v) is 1.53. The summed E-state index contributed by atoms with van der Waals surface area (Å²) in [6.07, 6.45) is 0. The summed E-state index contributed by atoms with van der Waals surface area (Å²) >= 11 is 0. The molecule has 0 aliphatic carbocycles. The van der Waals surface area contributed by atoms with E-state index < -0.39 is 11.6 Å². The number of hydrogen-bond donors (Lipinski definition) is 1. The van der Waals surface area contributed by atoms with Crippen LogP contribution < -0.4 is 5.32 Å². The summed E-state index contributed by atoms with van der Waals surface area (Å²) in [4.78, 5) is 0. The monoisotopic (exact) mass is 227 g/mol. The number of hydrogen-bond acceptors (Lipinski definition) is 1. The zero-order chi connectivity index (χ0) is 12.3. The summed E-state index contributed by atoms with van der Waals surface area (Å²) in [7, 11) is 0. The molecule has 0 aromatic heterocycles. The number of halogens is 2. The molecule has 0 amide bonds. The second-order valence-corrected chi connectivity index (χ2v) is 4.59. The Kier molecular flexibility index (Phi) is 4.42. The van der Waals surface area contributed by atoms with E-state index in [-0.39, 0.29) is 6.04 Å².